The molecular weight excluding hydrogens is 242 g/mol. The van der Waals surface area contributed by atoms with Gasteiger partial charge in [-0.1, -0.05) is 10.7 Å². The van der Waals surface area contributed by atoms with E-state index in [1.165, 1.54) is 0 Å². The van der Waals surface area contributed by atoms with Crippen molar-refractivity contribution in [3.8, 4) is 0 Å². The van der Waals surface area contributed by atoms with Crippen molar-refractivity contribution in [3.05, 3.63) is 22.1 Å². The largest absolute Gasteiger partial charge is 0.395 e. The van der Waals surface area contributed by atoms with Crippen molar-refractivity contribution >= 4 is 29.1 Å². The third kappa shape index (κ3) is 2.41. The topological polar surface area (TPSA) is 165 Å². The monoisotopic (exact) mass is 257 g/mol. The van der Waals surface area contributed by atoms with Gasteiger partial charge in [0.1, 0.15) is 16.4 Å². The SMILES string of the molecule is C=NC1=C(N)C(N=C)=C(NNNN)S(N)=C1N. The Morgan fingerprint density at radius 2 is 1.71 bits per heavy atom. The molecule has 1 unspecified atom stereocenters. The Hall–Kier alpha value is -1.56. The second-order valence-corrected chi connectivity index (χ2v) is 4.38. The lowest BCUT2D eigenvalue weighted by Gasteiger charge is -2.23. The molecule has 1 rings (SSSR count). The zero-order valence-electron chi connectivity index (χ0n) is 9.03. The van der Waals surface area contributed by atoms with Crippen molar-refractivity contribution in [1.29, 1.82) is 0 Å². The van der Waals surface area contributed by atoms with Gasteiger partial charge in [0.15, 0.2) is 0 Å². The minimum absolute atomic E-state index is 0.253. The first-order valence-electron chi connectivity index (χ1n) is 4.34. The third-order valence-electron chi connectivity index (χ3n) is 1.98. The van der Waals surface area contributed by atoms with Gasteiger partial charge in [0, 0.05) is 0 Å². The van der Waals surface area contributed by atoms with Gasteiger partial charge in [0.25, 0.3) is 0 Å². The zero-order valence-corrected chi connectivity index (χ0v) is 9.84. The molecule has 0 bridgehead atoms. The summed E-state index contributed by atoms with van der Waals surface area (Å²) in [6, 6.07) is 0. The normalized spacial score (nSPS) is 20.6. The average Bonchev–Trinajstić information content (AvgIpc) is 2.32. The standard InChI is InChI=1S/C7H15N9S/c1-12-4-3(8)5(13-2)7(14-16-15-10)17(11)6(4)9/h14-16H,1-2,8-11H2. The molecule has 10 heteroatoms. The molecule has 11 N–H and O–H groups in total. The van der Waals surface area contributed by atoms with E-state index in [9.17, 15) is 0 Å². The summed E-state index contributed by atoms with van der Waals surface area (Å²) < 4.78 is 0. The molecule has 0 spiro atoms. The second-order valence-electron chi connectivity index (χ2n) is 2.85. The molecule has 1 aliphatic rings. The highest BCUT2D eigenvalue weighted by atomic mass is 32.2. The lowest BCUT2D eigenvalue weighted by molar-refractivity contribution is 0.498. The number of hydrazine groups is 3. The van der Waals surface area contributed by atoms with Crippen molar-refractivity contribution < 1.29 is 0 Å². The molecule has 0 aromatic carbocycles. The molecule has 0 saturated heterocycles. The average molecular weight is 257 g/mol. The quantitative estimate of drug-likeness (QED) is 0.123. The van der Waals surface area contributed by atoms with Gasteiger partial charge in [-0.3, -0.25) is 32.1 Å². The number of aliphatic imine (C=N–C) groups is 2. The zero-order chi connectivity index (χ0) is 13.0. The maximum absolute atomic E-state index is 5.93. The highest BCUT2D eigenvalue weighted by molar-refractivity contribution is 8.17. The van der Waals surface area contributed by atoms with Gasteiger partial charge in [-0.2, -0.15) is 11.1 Å². The highest BCUT2D eigenvalue weighted by Gasteiger charge is 2.23. The summed E-state index contributed by atoms with van der Waals surface area (Å²) in [4.78, 5) is 7.84. The van der Waals surface area contributed by atoms with E-state index < -0.39 is 10.7 Å². The third-order valence-corrected chi connectivity index (χ3v) is 3.38. The predicted octanol–water partition coefficient (Wildman–Crippen LogP) is -2.56. The molecule has 0 aromatic heterocycles. The first kappa shape index (κ1) is 13.5. The lowest BCUT2D eigenvalue weighted by atomic mass is 10.2. The van der Waals surface area contributed by atoms with E-state index >= 15 is 0 Å². The number of rotatable bonds is 5. The Bertz CT molecular complexity index is 446. The van der Waals surface area contributed by atoms with E-state index in [-0.39, 0.29) is 5.70 Å². The summed E-state index contributed by atoms with van der Waals surface area (Å²) in [5.41, 5.74) is 19.9. The Morgan fingerprint density at radius 1 is 1.12 bits per heavy atom. The van der Waals surface area contributed by atoms with E-state index in [0.29, 0.717) is 21.4 Å². The fraction of sp³-hybridized carbons (Fsp3) is 0. The number of nitrogens with zero attached hydrogens (tertiary/aromatic N) is 2. The number of hydrogen-bond donors (Lipinski definition) is 7. The lowest BCUT2D eigenvalue weighted by Crippen LogP contribution is -2.47. The van der Waals surface area contributed by atoms with Crippen LogP contribution in [-0.2, 0) is 0 Å². The molecule has 0 aliphatic carbocycles. The van der Waals surface area contributed by atoms with Crippen LogP contribution < -0.4 is 38.9 Å². The summed E-state index contributed by atoms with van der Waals surface area (Å²) in [7, 11) is -0.955. The summed E-state index contributed by atoms with van der Waals surface area (Å²) >= 11 is 0. The number of hydrogen-bond acceptors (Lipinski definition) is 9. The Kier molecular flexibility index (Phi) is 4.51. The molecule has 9 nitrogen and oxygen atoms in total. The molecule has 0 amide bonds. The van der Waals surface area contributed by atoms with Crippen LogP contribution in [0, 0.1) is 0 Å². The Balaban J connectivity index is 3.37. The summed E-state index contributed by atoms with van der Waals surface area (Å²) in [6.07, 6.45) is 0. The van der Waals surface area contributed by atoms with Gasteiger partial charge in [-0.25, -0.2) is 0 Å². The fourth-order valence-electron chi connectivity index (χ4n) is 1.21. The van der Waals surface area contributed by atoms with Gasteiger partial charge in [-0.05, 0) is 13.4 Å². The van der Waals surface area contributed by atoms with E-state index in [2.05, 4.69) is 39.9 Å². The van der Waals surface area contributed by atoms with Crippen molar-refractivity contribution in [2.24, 2.45) is 32.4 Å². The molecule has 17 heavy (non-hydrogen) atoms. The van der Waals surface area contributed by atoms with Crippen LogP contribution in [0.2, 0.25) is 0 Å². The molecule has 0 aromatic rings. The molecule has 0 radical (unpaired) electrons. The van der Waals surface area contributed by atoms with Crippen LogP contribution in [0.5, 0.6) is 0 Å². The van der Waals surface area contributed by atoms with E-state index in [1.54, 1.807) is 0 Å². The predicted molar refractivity (Wildman–Crippen MR) is 71.9 cm³/mol. The minimum Gasteiger partial charge on any atom is -0.395 e. The van der Waals surface area contributed by atoms with Gasteiger partial charge in [0.2, 0.25) is 0 Å². The highest BCUT2D eigenvalue weighted by Crippen LogP contribution is 2.30. The fourth-order valence-corrected chi connectivity index (χ4v) is 2.36. The van der Waals surface area contributed by atoms with Crippen LogP contribution in [0.4, 0.5) is 0 Å². The van der Waals surface area contributed by atoms with Crippen molar-refractivity contribution in [2.45, 2.75) is 0 Å². The van der Waals surface area contributed by atoms with E-state index in [0.717, 1.165) is 0 Å². The molecule has 1 aliphatic heterocycles. The van der Waals surface area contributed by atoms with E-state index in [4.69, 9.17) is 22.4 Å². The maximum Gasteiger partial charge on any atom is 0.121 e. The van der Waals surface area contributed by atoms with Crippen molar-refractivity contribution in [2.75, 3.05) is 0 Å². The molecular formula is C7H15N9S. The first-order chi connectivity index (χ1) is 8.08. The van der Waals surface area contributed by atoms with Crippen LogP contribution >= 0.6 is 10.7 Å². The Morgan fingerprint density at radius 3 is 2.18 bits per heavy atom. The van der Waals surface area contributed by atoms with Crippen molar-refractivity contribution in [1.82, 2.24) is 16.5 Å². The minimum atomic E-state index is -0.955. The summed E-state index contributed by atoms with van der Waals surface area (Å²) in [5, 5.41) is 6.39. The van der Waals surface area contributed by atoms with E-state index in [1.807, 2.05) is 0 Å². The molecule has 0 saturated carbocycles. The maximum atomic E-state index is 5.93. The van der Waals surface area contributed by atoms with Crippen LogP contribution in [0.15, 0.2) is 32.1 Å². The second kappa shape index (κ2) is 5.67. The molecule has 1 heterocycles. The number of nitrogens with one attached hydrogen (secondary N) is 3. The smallest absolute Gasteiger partial charge is 0.121 e. The molecule has 94 valence electrons. The summed E-state index contributed by atoms with van der Waals surface area (Å²) in [6.45, 7) is 6.80. The Labute approximate surface area is 101 Å². The van der Waals surface area contributed by atoms with Crippen LogP contribution in [0.25, 0.3) is 0 Å². The van der Waals surface area contributed by atoms with Gasteiger partial charge in [0.05, 0.1) is 10.7 Å². The van der Waals surface area contributed by atoms with Crippen LogP contribution in [0.1, 0.15) is 0 Å². The van der Waals surface area contributed by atoms with Crippen LogP contribution in [0.3, 0.4) is 0 Å². The molecule has 1 atom stereocenters. The molecule has 0 fully saturated rings. The van der Waals surface area contributed by atoms with Crippen LogP contribution in [-0.4, -0.2) is 18.4 Å². The van der Waals surface area contributed by atoms with Gasteiger partial charge >= 0.3 is 0 Å². The first-order valence-corrected chi connectivity index (χ1v) is 5.63. The van der Waals surface area contributed by atoms with Gasteiger partial charge < -0.3 is 5.73 Å². The number of nitrogens with two attached hydrogens (primary N) is 4. The van der Waals surface area contributed by atoms with Crippen molar-refractivity contribution in [3.63, 3.8) is 0 Å². The summed E-state index contributed by atoms with van der Waals surface area (Å²) in [5.74, 6) is 5.06. The van der Waals surface area contributed by atoms with Gasteiger partial charge in [-0.15, -0.1) is 0 Å².